The van der Waals surface area contributed by atoms with Gasteiger partial charge in [0, 0.05) is 12.6 Å². The molecule has 8 heteroatoms. The fourth-order valence-corrected chi connectivity index (χ4v) is 3.48. The molecule has 31 heavy (non-hydrogen) atoms. The molecule has 8 nitrogen and oxygen atoms in total. The molecule has 0 saturated heterocycles. The Morgan fingerprint density at radius 1 is 1.06 bits per heavy atom. The van der Waals surface area contributed by atoms with Crippen molar-refractivity contribution < 1.29 is 9.90 Å². The normalized spacial score (nSPS) is 11.0. The maximum Gasteiger partial charge on any atom is 0.295 e. The first kappa shape index (κ1) is 20.2. The number of H-pyrrole nitrogens is 1. The Morgan fingerprint density at radius 3 is 2.45 bits per heavy atom. The van der Waals surface area contributed by atoms with Crippen LogP contribution in [0.25, 0.3) is 16.9 Å². The van der Waals surface area contributed by atoms with Crippen LogP contribution in [0.3, 0.4) is 0 Å². The first-order chi connectivity index (χ1) is 14.8. The van der Waals surface area contributed by atoms with Gasteiger partial charge < -0.3 is 10.4 Å². The maximum absolute atomic E-state index is 13.0. The number of aromatic nitrogens is 4. The van der Waals surface area contributed by atoms with Crippen LogP contribution in [0.2, 0.25) is 0 Å². The van der Waals surface area contributed by atoms with Crippen LogP contribution in [0.5, 0.6) is 5.75 Å². The molecular weight excluding hydrogens is 394 g/mol. The summed E-state index contributed by atoms with van der Waals surface area (Å²) in [4.78, 5) is 25.8. The van der Waals surface area contributed by atoms with Gasteiger partial charge in [-0.2, -0.15) is 5.10 Å². The van der Waals surface area contributed by atoms with Crippen LogP contribution >= 0.6 is 0 Å². The summed E-state index contributed by atoms with van der Waals surface area (Å²) in [6.07, 6.45) is 0. The lowest BCUT2D eigenvalue weighted by atomic mass is 10.0. The number of benzene rings is 2. The van der Waals surface area contributed by atoms with Gasteiger partial charge in [0.15, 0.2) is 0 Å². The summed E-state index contributed by atoms with van der Waals surface area (Å²) in [5.74, 6) is -0.403. The van der Waals surface area contributed by atoms with E-state index >= 15 is 0 Å². The first-order valence-electron chi connectivity index (χ1n) is 9.79. The van der Waals surface area contributed by atoms with Gasteiger partial charge in [-0.05, 0) is 62.2 Å². The van der Waals surface area contributed by atoms with Crippen molar-refractivity contribution in [3.63, 3.8) is 0 Å². The minimum Gasteiger partial charge on any atom is -0.507 e. The molecule has 0 atom stereocenters. The number of nitrogens with one attached hydrogen (secondary N) is 2. The van der Waals surface area contributed by atoms with E-state index in [2.05, 4.69) is 15.5 Å². The summed E-state index contributed by atoms with van der Waals surface area (Å²) in [7, 11) is 1.76. The van der Waals surface area contributed by atoms with Gasteiger partial charge in [0.2, 0.25) is 0 Å². The highest BCUT2D eigenvalue weighted by atomic mass is 16.3. The summed E-state index contributed by atoms with van der Waals surface area (Å²) < 4.78 is 3.19. The zero-order valence-electron chi connectivity index (χ0n) is 17.7. The fourth-order valence-electron chi connectivity index (χ4n) is 3.48. The minimum absolute atomic E-state index is 0.0891. The van der Waals surface area contributed by atoms with Crippen molar-refractivity contribution in [2.45, 2.75) is 20.8 Å². The number of anilines is 1. The Labute approximate surface area is 178 Å². The number of para-hydroxylation sites is 1. The average molecular weight is 417 g/mol. The summed E-state index contributed by atoms with van der Waals surface area (Å²) in [5, 5.41) is 19.8. The number of hydrogen-bond acceptors (Lipinski definition) is 4. The topological polar surface area (TPSA) is 105 Å². The number of aromatic amines is 1. The van der Waals surface area contributed by atoms with Crippen molar-refractivity contribution >= 4 is 11.6 Å². The van der Waals surface area contributed by atoms with Crippen LogP contribution in [0.4, 0.5) is 5.69 Å². The zero-order chi connectivity index (χ0) is 22.3. The summed E-state index contributed by atoms with van der Waals surface area (Å²) in [5.41, 5.74) is 4.31. The van der Waals surface area contributed by atoms with E-state index in [0.29, 0.717) is 22.6 Å². The van der Waals surface area contributed by atoms with Crippen molar-refractivity contribution in [2.75, 3.05) is 5.32 Å². The van der Waals surface area contributed by atoms with Crippen LogP contribution in [-0.4, -0.2) is 30.6 Å². The van der Waals surface area contributed by atoms with Crippen molar-refractivity contribution in [3.05, 3.63) is 81.4 Å². The highest BCUT2D eigenvalue weighted by Gasteiger charge is 2.20. The van der Waals surface area contributed by atoms with Crippen molar-refractivity contribution in [1.82, 2.24) is 19.6 Å². The Bertz CT molecular complexity index is 1350. The Balaban J connectivity index is 1.65. The van der Waals surface area contributed by atoms with Gasteiger partial charge in [-0.1, -0.05) is 18.2 Å². The van der Waals surface area contributed by atoms with Crippen molar-refractivity contribution in [2.24, 2.45) is 7.05 Å². The third-order valence-electron chi connectivity index (χ3n) is 5.50. The number of nitrogens with zero attached hydrogens (tertiary/aromatic N) is 3. The number of phenolic OH excluding ortho intramolecular Hbond substituents is 1. The van der Waals surface area contributed by atoms with E-state index in [1.807, 2.05) is 50.2 Å². The van der Waals surface area contributed by atoms with E-state index in [-0.39, 0.29) is 22.7 Å². The summed E-state index contributed by atoms with van der Waals surface area (Å²) >= 11 is 0. The number of amides is 1. The smallest absolute Gasteiger partial charge is 0.295 e. The number of aryl methyl sites for hydroxylation is 2. The number of carbonyl (C=O) groups is 1. The summed E-state index contributed by atoms with van der Waals surface area (Å²) in [6, 6.07) is 14.2. The largest absolute Gasteiger partial charge is 0.507 e. The van der Waals surface area contributed by atoms with E-state index in [1.54, 1.807) is 30.8 Å². The molecule has 4 rings (SSSR count). The standard InChI is InChI=1S/C23H23N5O3/c1-13-10-17(20(29)11-14(13)2)18-12-19(26-25-18)22(30)24-21-15(3)27(4)28(23(21)31)16-8-6-5-7-9-16/h5-12,29H,1-4H3,(H,24,30)(H,25,26). The highest BCUT2D eigenvalue weighted by Crippen LogP contribution is 2.31. The number of carbonyl (C=O) groups excluding carboxylic acids is 1. The van der Waals surface area contributed by atoms with Crippen molar-refractivity contribution in [3.8, 4) is 22.7 Å². The molecule has 2 aromatic heterocycles. The van der Waals surface area contributed by atoms with Gasteiger partial charge in [-0.25, -0.2) is 4.68 Å². The highest BCUT2D eigenvalue weighted by molar-refractivity contribution is 6.03. The molecule has 0 spiro atoms. The lowest BCUT2D eigenvalue weighted by molar-refractivity contribution is 0.102. The fraction of sp³-hybridized carbons (Fsp3) is 0.174. The number of rotatable bonds is 4. The molecule has 2 heterocycles. The number of hydrogen-bond donors (Lipinski definition) is 3. The third-order valence-corrected chi connectivity index (χ3v) is 5.50. The maximum atomic E-state index is 13.0. The van der Waals surface area contributed by atoms with Crippen LogP contribution < -0.4 is 10.9 Å². The van der Waals surface area contributed by atoms with E-state index in [4.69, 9.17) is 0 Å². The lowest BCUT2D eigenvalue weighted by Crippen LogP contribution is -2.23. The molecule has 0 fully saturated rings. The Morgan fingerprint density at radius 2 is 1.74 bits per heavy atom. The van der Waals surface area contributed by atoms with Gasteiger partial charge in [-0.3, -0.25) is 19.4 Å². The van der Waals surface area contributed by atoms with Crippen LogP contribution in [-0.2, 0) is 7.05 Å². The predicted molar refractivity (Wildman–Crippen MR) is 119 cm³/mol. The molecule has 2 aromatic carbocycles. The number of aromatic hydroxyl groups is 1. The van der Waals surface area contributed by atoms with E-state index in [0.717, 1.165) is 11.1 Å². The predicted octanol–water partition coefficient (Wildman–Crippen LogP) is 3.45. The molecule has 1 amide bonds. The molecular formula is C23H23N5O3. The van der Waals surface area contributed by atoms with Crippen molar-refractivity contribution in [1.29, 1.82) is 0 Å². The second kappa shape index (κ2) is 7.64. The van der Waals surface area contributed by atoms with Gasteiger partial charge in [0.25, 0.3) is 11.5 Å². The molecule has 0 aliphatic carbocycles. The second-order valence-corrected chi connectivity index (χ2v) is 7.51. The van der Waals surface area contributed by atoms with Gasteiger partial charge in [0.05, 0.1) is 17.1 Å². The molecule has 0 unspecified atom stereocenters. The molecule has 0 aliphatic rings. The van der Waals surface area contributed by atoms with Crippen LogP contribution in [0.15, 0.2) is 53.3 Å². The van der Waals surface area contributed by atoms with Gasteiger partial charge in [0.1, 0.15) is 17.1 Å². The quantitative estimate of drug-likeness (QED) is 0.473. The molecule has 3 N–H and O–H groups in total. The Hall–Kier alpha value is -4.07. The molecule has 4 aromatic rings. The van der Waals surface area contributed by atoms with Gasteiger partial charge >= 0.3 is 0 Å². The summed E-state index contributed by atoms with van der Waals surface area (Å²) in [6.45, 7) is 5.61. The monoisotopic (exact) mass is 417 g/mol. The zero-order valence-corrected chi connectivity index (χ0v) is 17.7. The van der Waals surface area contributed by atoms with E-state index in [1.165, 1.54) is 4.68 Å². The SMILES string of the molecule is Cc1cc(O)c(-c2cc(C(=O)Nc3c(C)n(C)n(-c4ccccc4)c3=O)[nH]n2)cc1C. The minimum atomic E-state index is -0.493. The first-order valence-corrected chi connectivity index (χ1v) is 9.79. The molecule has 0 saturated carbocycles. The van der Waals surface area contributed by atoms with Crippen LogP contribution in [0.1, 0.15) is 27.3 Å². The lowest BCUT2D eigenvalue weighted by Gasteiger charge is -2.07. The Kier molecular flexibility index (Phi) is 4.98. The third kappa shape index (κ3) is 3.52. The average Bonchev–Trinajstić information content (AvgIpc) is 3.31. The van der Waals surface area contributed by atoms with Crippen LogP contribution in [0, 0.1) is 20.8 Å². The van der Waals surface area contributed by atoms with E-state index in [9.17, 15) is 14.7 Å². The molecule has 0 bridgehead atoms. The van der Waals surface area contributed by atoms with E-state index < -0.39 is 5.91 Å². The molecule has 0 aliphatic heterocycles. The van der Waals surface area contributed by atoms with Gasteiger partial charge in [-0.15, -0.1) is 0 Å². The molecule has 158 valence electrons. The molecule has 0 radical (unpaired) electrons. The number of phenols is 1. The second-order valence-electron chi connectivity index (χ2n) is 7.51.